The number of halogens is 3. The summed E-state index contributed by atoms with van der Waals surface area (Å²) in [6, 6.07) is 9.49. The molecule has 0 radical (unpaired) electrons. The Balaban J connectivity index is 2.53. The Morgan fingerprint density at radius 2 is 1.74 bits per heavy atom. The van der Waals surface area contributed by atoms with Crippen molar-refractivity contribution >= 4 is 39.1 Å². The van der Waals surface area contributed by atoms with E-state index in [4.69, 9.17) is 28.9 Å². The van der Waals surface area contributed by atoms with Crippen molar-refractivity contribution in [1.29, 1.82) is 0 Å². The Hall–Kier alpha value is -0.540. The average molecular weight is 359 g/mol. The Morgan fingerprint density at radius 3 is 2.42 bits per heavy atom. The first-order valence-corrected chi connectivity index (χ1v) is 7.43. The van der Waals surface area contributed by atoms with Gasteiger partial charge in [0.15, 0.2) is 0 Å². The molecule has 0 saturated carbocycles. The zero-order chi connectivity index (χ0) is 14.2. The molecule has 1 unspecified atom stereocenters. The topological polar surface area (TPSA) is 26.0 Å². The zero-order valence-electron chi connectivity index (χ0n) is 10.7. The molecular formula is C15H14BrCl2N. The minimum absolute atomic E-state index is 0.263. The van der Waals surface area contributed by atoms with E-state index in [1.165, 1.54) is 0 Å². The molecule has 0 aliphatic rings. The number of hydrogen-bond donors (Lipinski definition) is 1. The van der Waals surface area contributed by atoms with Crippen molar-refractivity contribution in [2.24, 2.45) is 5.73 Å². The van der Waals surface area contributed by atoms with E-state index < -0.39 is 0 Å². The highest BCUT2D eigenvalue weighted by atomic mass is 79.9. The molecule has 0 amide bonds. The van der Waals surface area contributed by atoms with Crippen molar-refractivity contribution < 1.29 is 0 Å². The van der Waals surface area contributed by atoms with Crippen LogP contribution in [0.15, 0.2) is 34.8 Å². The van der Waals surface area contributed by atoms with Crippen molar-refractivity contribution in [2.45, 2.75) is 19.9 Å². The molecule has 100 valence electrons. The molecule has 0 bridgehead atoms. The molecule has 2 aromatic carbocycles. The van der Waals surface area contributed by atoms with Crippen molar-refractivity contribution in [3.8, 4) is 0 Å². The lowest BCUT2D eigenvalue weighted by atomic mass is 9.94. The molecule has 0 saturated heterocycles. The van der Waals surface area contributed by atoms with Crippen molar-refractivity contribution in [1.82, 2.24) is 0 Å². The predicted molar refractivity (Wildman–Crippen MR) is 86.1 cm³/mol. The number of hydrogen-bond acceptors (Lipinski definition) is 1. The standard InChI is InChI=1S/C15H14BrCl2N/c1-8-7-13(17)9(2)6-11(8)15(19)10-4-3-5-12(16)14(10)18/h3-7,15H,19H2,1-2H3. The molecule has 0 aromatic heterocycles. The third-order valence-corrected chi connectivity index (χ3v) is 4.92. The van der Waals surface area contributed by atoms with Crippen LogP contribution < -0.4 is 5.73 Å². The maximum absolute atomic E-state index is 6.36. The lowest BCUT2D eigenvalue weighted by Crippen LogP contribution is -2.14. The van der Waals surface area contributed by atoms with Crippen molar-refractivity contribution in [3.05, 3.63) is 67.1 Å². The molecule has 2 aromatic rings. The maximum Gasteiger partial charge on any atom is 0.0599 e. The molecule has 0 heterocycles. The second-order valence-corrected chi connectivity index (χ2v) is 6.22. The van der Waals surface area contributed by atoms with Gasteiger partial charge in [-0.25, -0.2) is 0 Å². The van der Waals surface area contributed by atoms with Crippen LogP contribution >= 0.6 is 39.1 Å². The first-order chi connectivity index (χ1) is 8.91. The van der Waals surface area contributed by atoms with Crippen LogP contribution in [0.25, 0.3) is 0 Å². The van der Waals surface area contributed by atoms with Gasteiger partial charge in [-0.2, -0.15) is 0 Å². The van der Waals surface area contributed by atoms with Crippen LogP contribution in [0, 0.1) is 13.8 Å². The predicted octanol–water partition coefficient (Wildman–Crippen LogP) is 5.42. The molecule has 1 nitrogen and oxygen atoms in total. The van der Waals surface area contributed by atoms with Crippen LogP contribution in [-0.2, 0) is 0 Å². The van der Waals surface area contributed by atoms with Gasteiger partial charge in [0.2, 0.25) is 0 Å². The van der Waals surface area contributed by atoms with E-state index in [1.54, 1.807) is 0 Å². The smallest absolute Gasteiger partial charge is 0.0599 e. The van der Waals surface area contributed by atoms with Gasteiger partial charge in [0.05, 0.1) is 11.1 Å². The van der Waals surface area contributed by atoms with Crippen LogP contribution in [-0.4, -0.2) is 0 Å². The van der Waals surface area contributed by atoms with Gasteiger partial charge in [-0.1, -0.05) is 41.4 Å². The van der Waals surface area contributed by atoms with E-state index in [0.29, 0.717) is 5.02 Å². The van der Waals surface area contributed by atoms with Gasteiger partial charge in [0.25, 0.3) is 0 Å². The second kappa shape index (κ2) is 5.84. The van der Waals surface area contributed by atoms with Gasteiger partial charge in [0, 0.05) is 9.50 Å². The van der Waals surface area contributed by atoms with E-state index >= 15 is 0 Å². The Kier molecular flexibility index (Phi) is 4.57. The second-order valence-electron chi connectivity index (χ2n) is 4.58. The summed E-state index contributed by atoms with van der Waals surface area (Å²) in [5.74, 6) is 0. The van der Waals surface area contributed by atoms with E-state index in [2.05, 4.69) is 15.9 Å². The van der Waals surface area contributed by atoms with Gasteiger partial charge in [0.1, 0.15) is 0 Å². The average Bonchev–Trinajstić information content (AvgIpc) is 2.36. The van der Waals surface area contributed by atoms with Crippen molar-refractivity contribution in [3.63, 3.8) is 0 Å². The van der Waals surface area contributed by atoms with Crippen LogP contribution in [0.3, 0.4) is 0 Å². The van der Waals surface area contributed by atoms with E-state index in [1.807, 2.05) is 44.2 Å². The zero-order valence-corrected chi connectivity index (χ0v) is 13.8. The summed E-state index contributed by atoms with van der Waals surface area (Å²) >= 11 is 15.9. The van der Waals surface area contributed by atoms with Crippen molar-refractivity contribution in [2.75, 3.05) is 0 Å². The Morgan fingerprint density at radius 1 is 1.05 bits per heavy atom. The molecule has 0 aliphatic carbocycles. The highest BCUT2D eigenvalue weighted by Crippen LogP contribution is 2.34. The molecule has 4 heteroatoms. The van der Waals surface area contributed by atoms with E-state index in [0.717, 1.165) is 31.7 Å². The minimum atomic E-state index is -0.263. The normalized spacial score (nSPS) is 12.5. The van der Waals surface area contributed by atoms with Crippen LogP contribution in [0.2, 0.25) is 10.0 Å². The summed E-state index contributed by atoms with van der Waals surface area (Å²) in [6.07, 6.45) is 0. The van der Waals surface area contributed by atoms with Crippen LogP contribution in [0.4, 0.5) is 0 Å². The minimum Gasteiger partial charge on any atom is -0.320 e. The fourth-order valence-corrected chi connectivity index (χ4v) is 2.91. The quantitative estimate of drug-likeness (QED) is 0.761. The van der Waals surface area contributed by atoms with E-state index in [9.17, 15) is 0 Å². The molecular weight excluding hydrogens is 345 g/mol. The summed E-state index contributed by atoms with van der Waals surface area (Å²) in [6.45, 7) is 3.98. The third kappa shape index (κ3) is 2.97. The first kappa shape index (κ1) is 14.9. The van der Waals surface area contributed by atoms with Gasteiger partial charge in [-0.05, 0) is 64.2 Å². The Bertz CT molecular complexity index is 626. The lowest BCUT2D eigenvalue weighted by Gasteiger charge is -2.18. The fourth-order valence-electron chi connectivity index (χ4n) is 2.07. The van der Waals surface area contributed by atoms with Gasteiger partial charge < -0.3 is 5.73 Å². The fraction of sp³-hybridized carbons (Fsp3) is 0.200. The van der Waals surface area contributed by atoms with E-state index in [-0.39, 0.29) is 6.04 Å². The van der Waals surface area contributed by atoms with Crippen LogP contribution in [0.5, 0.6) is 0 Å². The summed E-state index contributed by atoms with van der Waals surface area (Å²) in [4.78, 5) is 0. The van der Waals surface area contributed by atoms with Gasteiger partial charge in [-0.15, -0.1) is 0 Å². The highest BCUT2D eigenvalue weighted by Gasteiger charge is 2.17. The highest BCUT2D eigenvalue weighted by molar-refractivity contribution is 9.10. The summed E-state index contributed by atoms with van der Waals surface area (Å²) in [7, 11) is 0. The molecule has 0 aliphatic heterocycles. The molecule has 0 spiro atoms. The largest absolute Gasteiger partial charge is 0.320 e. The van der Waals surface area contributed by atoms with Gasteiger partial charge in [-0.3, -0.25) is 0 Å². The maximum atomic E-state index is 6.36. The molecule has 2 rings (SSSR count). The molecule has 2 N–H and O–H groups in total. The number of aryl methyl sites for hydroxylation is 2. The summed E-state index contributed by atoms with van der Waals surface area (Å²) in [5, 5.41) is 1.41. The summed E-state index contributed by atoms with van der Waals surface area (Å²) < 4.78 is 0.852. The monoisotopic (exact) mass is 357 g/mol. The number of nitrogens with two attached hydrogens (primary N) is 1. The van der Waals surface area contributed by atoms with Crippen LogP contribution in [0.1, 0.15) is 28.3 Å². The third-order valence-electron chi connectivity index (χ3n) is 3.20. The number of rotatable bonds is 2. The molecule has 1 atom stereocenters. The summed E-state index contributed by atoms with van der Waals surface area (Å²) in [5.41, 5.74) is 10.4. The molecule has 0 fully saturated rings. The molecule has 19 heavy (non-hydrogen) atoms. The van der Waals surface area contributed by atoms with Gasteiger partial charge >= 0.3 is 0 Å². The Labute approximate surface area is 131 Å². The SMILES string of the molecule is Cc1cc(C(N)c2cccc(Br)c2Cl)c(C)cc1Cl. The number of benzene rings is 2. The lowest BCUT2D eigenvalue weighted by molar-refractivity contribution is 0.859. The first-order valence-electron chi connectivity index (χ1n) is 5.88.